The molecule has 2 aliphatic rings. The van der Waals surface area contributed by atoms with Gasteiger partial charge in [-0.1, -0.05) is 44.5 Å². The lowest BCUT2D eigenvalue weighted by Gasteiger charge is -2.36. The number of amides is 1. The topological polar surface area (TPSA) is 79.0 Å². The van der Waals surface area contributed by atoms with Crippen LogP contribution in [-0.4, -0.2) is 40.1 Å². The van der Waals surface area contributed by atoms with E-state index >= 15 is 0 Å². The Labute approximate surface area is 231 Å². The number of aryl methyl sites for hydroxylation is 1. The van der Waals surface area contributed by atoms with Crippen molar-refractivity contribution in [1.29, 1.82) is 0 Å². The van der Waals surface area contributed by atoms with Gasteiger partial charge >= 0.3 is 0 Å². The second kappa shape index (κ2) is 10.6. The highest BCUT2D eigenvalue weighted by Gasteiger charge is 2.38. The summed E-state index contributed by atoms with van der Waals surface area (Å²) in [6.45, 7) is 10.1. The van der Waals surface area contributed by atoms with E-state index in [0.717, 1.165) is 29.9 Å². The van der Waals surface area contributed by atoms with E-state index in [9.17, 15) is 13.2 Å². The van der Waals surface area contributed by atoms with Gasteiger partial charge in [-0.05, 0) is 85.7 Å². The second-order valence-corrected chi connectivity index (χ2v) is 13.3. The summed E-state index contributed by atoms with van der Waals surface area (Å²) in [7, 11) is -3.94. The molecule has 1 atom stereocenters. The first-order chi connectivity index (χ1) is 18.5. The molecule has 1 N–H and O–H groups in total. The molecule has 2 heterocycles. The van der Waals surface area contributed by atoms with Gasteiger partial charge in [0.15, 0.2) is 6.10 Å². The fraction of sp³-hybridized carbons (Fsp3) is 0.387. The van der Waals surface area contributed by atoms with Gasteiger partial charge < -0.3 is 15.0 Å². The van der Waals surface area contributed by atoms with Crippen LogP contribution in [-0.2, 0) is 20.2 Å². The summed E-state index contributed by atoms with van der Waals surface area (Å²) >= 11 is 0. The SMILES string of the molecule is Cc1ccc(S(=O)(=O)N2C[C@H](C(=O)Nc3ccc(N4CCCCC4)cc3)Oc3ccc(C(C)(C)C)cc32)cc1. The van der Waals surface area contributed by atoms with Gasteiger partial charge in [0.2, 0.25) is 0 Å². The number of hydrogen-bond donors (Lipinski definition) is 1. The van der Waals surface area contributed by atoms with Gasteiger partial charge in [-0.3, -0.25) is 9.10 Å². The predicted molar refractivity (Wildman–Crippen MR) is 156 cm³/mol. The number of fused-ring (bicyclic) bond motifs is 1. The van der Waals surface area contributed by atoms with E-state index in [0.29, 0.717) is 17.1 Å². The molecule has 3 aromatic carbocycles. The molecule has 0 unspecified atom stereocenters. The molecular weight excluding hydrogens is 510 g/mol. The van der Waals surface area contributed by atoms with Gasteiger partial charge in [-0.15, -0.1) is 0 Å². The molecule has 7 nitrogen and oxygen atoms in total. The normalized spacial score (nSPS) is 17.8. The Morgan fingerprint density at radius 2 is 1.59 bits per heavy atom. The van der Waals surface area contributed by atoms with E-state index in [1.807, 2.05) is 43.3 Å². The third-order valence-corrected chi connectivity index (χ3v) is 9.25. The fourth-order valence-corrected chi connectivity index (χ4v) is 6.52. The molecule has 0 aliphatic carbocycles. The number of carbonyl (C=O) groups is 1. The van der Waals surface area contributed by atoms with Gasteiger partial charge in [-0.2, -0.15) is 0 Å². The molecule has 206 valence electrons. The minimum absolute atomic E-state index is 0.130. The highest BCUT2D eigenvalue weighted by molar-refractivity contribution is 7.92. The Balaban J connectivity index is 1.42. The molecular formula is C31H37N3O4S. The lowest BCUT2D eigenvalue weighted by Crippen LogP contribution is -2.49. The minimum Gasteiger partial charge on any atom is -0.476 e. The molecule has 0 aromatic heterocycles. The maximum atomic E-state index is 13.9. The molecule has 1 amide bonds. The number of carbonyl (C=O) groups excluding carboxylic acids is 1. The average molecular weight is 548 g/mol. The van der Waals surface area contributed by atoms with E-state index in [4.69, 9.17) is 4.74 Å². The van der Waals surface area contributed by atoms with Crippen molar-refractivity contribution >= 4 is 33.0 Å². The predicted octanol–water partition coefficient (Wildman–Crippen LogP) is 5.88. The number of anilines is 3. The quantitative estimate of drug-likeness (QED) is 0.432. The maximum absolute atomic E-state index is 13.9. The number of piperidine rings is 1. The summed E-state index contributed by atoms with van der Waals surface area (Å²) in [5.74, 6) is -0.0269. The van der Waals surface area contributed by atoms with Crippen molar-refractivity contribution in [3.05, 3.63) is 77.9 Å². The summed E-state index contributed by atoms with van der Waals surface area (Å²) in [5, 5.41) is 2.92. The zero-order valence-electron chi connectivity index (χ0n) is 23.1. The van der Waals surface area contributed by atoms with Gasteiger partial charge in [0.05, 0.1) is 17.1 Å². The number of nitrogens with one attached hydrogen (secondary N) is 1. The Morgan fingerprint density at radius 3 is 2.23 bits per heavy atom. The van der Waals surface area contributed by atoms with Crippen LogP contribution in [0.5, 0.6) is 5.75 Å². The Hall–Kier alpha value is -3.52. The lowest BCUT2D eigenvalue weighted by molar-refractivity contribution is -0.122. The van der Waals surface area contributed by atoms with Crippen molar-refractivity contribution in [2.24, 2.45) is 0 Å². The summed E-state index contributed by atoms with van der Waals surface area (Å²) in [4.78, 5) is 15.9. The molecule has 3 aromatic rings. The van der Waals surface area contributed by atoms with Crippen molar-refractivity contribution in [2.75, 3.05) is 34.2 Å². The minimum atomic E-state index is -3.94. The highest BCUT2D eigenvalue weighted by Crippen LogP contribution is 2.40. The Morgan fingerprint density at radius 1 is 0.923 bits per heavy atom. The van der Waals surface area contributed by atoms with Crippen LogP contribution in [0.3, 0.4) is 0 Å². The van der Waals surface area contributed by atoms with Crippen molar-refractivity contribution in [2.45, 2.75) is 63.4 Å². The van der Waals surface area contributed by atoms with Gasteiger partial charge in [0.25, 0.3) is 15.9 Å². The first-order valence-electron chi connectivity index (χ1n) is 13.6. The van der Waals surface area contributed by atoms with Crippen LogP contribution in [0, 0.1) is 6.92 Å². The Bertz CT molecular complexity index is 1440. The fourth-order valence-electron chi connectivity index (χ4n) is 5.05. The van der Waals surface area contributed by atoms with Crippen LogP contribution in [0.2, 0.25) is 0 Å². The number of sulfonamides is 1. The second-order valence-electron chi connectivity index (χ2n) is 11.5. The Kier molecular flexibility index (Phi) is 7.33. The van der Waals surface area contributed by atoms with E-state index in [-0.39, 0.29) is 16.9 Å². The van der Waals surface area contributed by atoms with E-state index in [1.165, 1.54) is 23.6 Å². The number of rotatable bonds is 5. The van der Waals surface area contributed by atoms with E-state index < -0.39 is 22.0 Å². The van der Waals surface area contributed by atoms with E-state index in [1.54, 1.807) is 30.3 Å². The molecule has 8 heteroatoms. The molecule has 0 spiro atoms. The number of benzene rings is 3. The monoisotopic (exact) mass is 547 g/mol. The molecule has 1 fully saturated rings. The van der Waals surface area contributed by atoms with Crippen LogP contribution in [0.4, 0.5) is 17.1 Å². The van der Waals surface area contributed by atoms with Crippen LogP contribution in [0.25, 0.3) is 0 Å². The van der Waals surface area contributed by atoms with Gasteiger partial charge in [0, 0.05) is 24.5 Å². The standard InChI is InChI=1S/C31H37N3O4S/c1-22-8-15-26(16-9-22)39(36,37)34-21-29(38-28-17-10-23(20-27(28)34)31(2,3)4)30(35)32-24-11-13-25(14-12-24)33-18-6-5-7-19-33/h8-17,20,29H,5-7,18-19,21H2,1-4H3,(H,32,35)/t29-/m1/s1. The van der Waals surface area contributed by atoms with E-state index in [2.05, 4.69) is 31.0 Å². The molecule has 0 bridgehead atoms. The number of ether oxygens (including phenoxy) is 1. The zero-order valence-corrected chi connectivity index (χ0v) is 23.9. The average Bonchev–Trinajstić information content (AvgIpc) is 2.92. The molecule has 5 rings (SSSR count). The maximum Gasteiger partial charge on any atom is 0.267 e. The zero-order chi connectivity index (χ0) is 27.8. The largest absolute Gasteiger partial charge is 0.476 e. The number of nitrogens with zero attached hydrogens (tertiary/aromatic N) is 2. The van der Waals surface area contributed by atoms with Crippen LogP contribution < -0.4 is 19.3 Å². The van der Waals surface area contributed by atoms with Crippen molar-refractivity contribution in [3.63, 3.8) is 0 Å². The van der Waals surface area contributed by atoms with Gasteiger partial charge in [-0.25, -0.2) is 8.42 Å². The summed E-state index contributed by atoms with van der Waals surface area (Å²) in [5.41, 5.74) is 3.98. The third kappa shape index (κ3) is 5.76. The molecule has 1 saturated heterocycles. The first kappa shape index (κ1) is 27.1. The summed E-state index contributed by atoms with van der Waals surface area (Å²) in [6.07, 6.45) is 2.64. The smallest absolute Gasteiger partial charge is 0.267 e. The van der Waals surface area contributed by atoms with Crippen molar-refractivity contribution in [1.82, 2.24) is 0 Å². The molecule has 0 radical (unpaired) electrons. The van der Waals surface area contributed by atoms with Gasteiger partial charge in [0.1, 0.15) is 5.75 Å². The highest BCUT2D eigenvalue weighted by atomic mass is 32.2. The van der Waals surface area contributed by atoms with Crippen molar-refractivity contribution < 1.29 is 17.9 Å². The lowest BCUT2D eigenvalue weighted by atomic mass is 9.86. The summed E-state index contributed by atoms with van der Waals surface area (Å²) in [6, 6.07) is 20.1. The molecule has 2 aliphatic heterocycles. The molecule has 0 saturated carbocycles. The molecule has 39 heavy (non-hydrogen) atoms. The van der Waals surface area contributed by atoms with Crippen LogP contribution >= 0.6 is 0 Å². The first-order valence-corrected chi connectivity index (χ1v) is 15.0. The number of hydrogen-bond acceptors (Lipinski definition) is 5. The van der Waals surface area contributed by atoms with Crippen molar-refractivity contribution in [3.8, 4) is 5.75 Å². The summed E-state index contributed by atoms with van der Waals surface area (Å²) < 4.78 is 35.2. The third-order valence-electron chi connectivity index (χ3n) is 7.45. The van der Waals surface area contributed by atoms with Crippen LogP contribution in [0.15, 0.2) is 71.6 Å². The van der Waals surface area contributed by atoms with Crippen LogP contribution in [0.1, 0.15) is 51.2 Å².